The maximum Gasteiger partial charge on any atom is 0.0149 e. The van der Waals surface area contributed by atoms with Gasteiger partial charge in [-0.3, -0.25) is 0 Å². The van der Waals surface area contributed by atoms with Crippen molar-refractivity contribution in [2.45, 2.75) is 19.8 Å². The summed E-state index contributed by atoms with van der Waals surface area (Å²) in [5, 5.41) is 2.18. The number of hydrogen-bond donors (Lipinski definition) is 0. The van der Waals surface area contributed by atoms with Crippen LogP contribution in [-0.2, 0) is 0 Å². The maximum absolute atomic E-state index is 2.25. The van der Waals surface area contributed by atoms with Crippen molar-refractivity contribution in [3.63, 3.8) is 0 Å². The number of thiophene rings is 1. The smallest absolute Gasteiger partial charge is 0.0149 e. The zero-order chi connectivity index (χ0) is 9.97. The Kier molecular flexibility index (Phi) is 2.69. The second-order valence-electron chi connectivity index (χ2n) is 3.72. The van der Waals surface area contributed by atoms with Crippen LogP contribution in [0.5, 0.6) is 0 Å². The summed E-state index contributed by atoms with van der Waals surface area (Å²) in [6.45, 7) is 4.50. The summed E-state index contributed by atoms with van der Waals surface area (Å²) in [7, 11) is 0. The van der Waals surface area contributed by atoms with Crippen LogP contribution in [0, 0.1) is 0 Å². The highest BCUT2D eigenvalue weighted by atomic mass is 32.1. The zero-order valence-electron chi connectivity index (χ0n) is 8.53. The molecule has 2 aromatic rings. The van der Waals surface area contributed by atoms with Crippen molar-refractivity contribution in [2.75, 3.05) is 0 Å². The normalized spacial score (nSPS) is 10.8. The van der Waals surface area contributed by atoms with Crippen molar-refractivity contribution in [3.05, 3.63) is 46.7 Å². The first-order valence-corrected chi connectivity index (χ1v) is 5.80. The molecule has 2 rings (SSSR count). The van der Waals surface area contributed by atoms with E-state index in [2.05, 4.69) is 55.6 Å². The van der Waals surface area contributed by atoms with Gasteiger partial charge in [-0.1, -0.05) is 44.2 Å². The van der Waals surface area contributed by atoms with Gasteiger partial charge in [0, 0.05) is 4.88 Å². The summed E-state index contributed by atoms with van der Waals surface area (Å²) >= 11 is 1.85. The second-order valence-corrected chi connectivity index (χ2v) is 4.67. The van der Waals surface area contributed by atoms with Crippen LogP contribution >= 0.6 is 11.3 Å². The summed E-state index contributed by atoms with van der Waals surface area (Å²) in [6, 6.07) is 12.8. The third kappa shape index (κ3) is 1.73. The van der Waals surface area contributed by atoms with Crippen molar-refractivity contribution >= 4 is 11.3 Å². The average molecular weight is 202 g/mol. The Bertz CT molecular complexity index is 398. The minimum atomic E-state index is 0.616. The van der Waals surface area contributed by atoms with E-state index in [9.17, 15) is 0 Å². The van der Waals surface area contributed by atoms with E-state index in [0.717, 1.165) is 0 Å². The molecular weight excluding hydrogens is 188 g/mol. The summed E-state index contributed by atoms with van der Waals surface area (Å²) in [4.78, 5) is 1.48. The van der Waals surface area contributed by atoms with Gasteiger partial charge in [0.15, 0.2) is 0 Å². The zero-order valence-corrected chi connectivity index (χ0v) is 9.34. The fourth-order valence-corrected chi connectivity index (χ4v) is 2.56. The third-order valence-corrected chi connectivity index (χ3v) is 3.52. The fraction of sp³-hybridized carbons (Fsp3) is 0.231. The van der Waals surface area contributed by atoms with E-state index < -0.39 is 0 Å². The summed E-state index contributed by atoms with van der Waals surface area (Å²) in [5.74, 6) is 0.616. The second kappa shape index (κ2) is 3.97. The molecule has 0 saturated carbocycles. The van der Waals surface area contributed by atoms with Gasteiger partial charge >= 0.3 is 0 Å². The van der Waals surface area contributed by atoms with E-state index in [4.69, 9.17) is 0 Å². The van der Waals surface area contributed by atoms with Gasteiger partial charge in [0.2, 0.25) is 0 Å². The minimum absolute atomic E-state index is 0.616. The van der Waals surface area contributed by atoms with Crippen LogP contribution in [0.15, 0.2) is 41.8 Å². The SMILES string of the molecule is CC(C)c1sccc1-c1ccccc1. The predicted octanol–water partition coefficient (Wildman–Crippen LogP) is 4.54. The predicted molar refractivity (Wildman–Crippen MR) is 63.8 cm³/mol. The molecule has 0 spiro atoms. The Morgan fingerprint density at radius 2 is 1.71 bits per heavy atom. The largest absolute Gasteiger partial charge is 0.148 e. The van der Waals surface area contributed by atoms with Crippen LogP contribution < -0.4 is 0 Å². The lowest BCUT2D eigenvalue weighted by Crippen LogP contribution is -1.85. The molecule has 0 unspecified atom stereocenters. The van der Waals surface area contributed by atoms with Crippen molar-refractivity contribution in [1.29, 1.82) is 0 Å². The minimum Gasteiger partial charge on any atom is -0.148 e. The first kappa shape index (κ1) is 9.47. The Labute approximate surface area is 89.2 Å². The van der Waals surface area contributed by atoms with Gasteiger partial charge in [-0.05, 0) is 28.5 Å². The highest BCUT2D eigenvalue weighted by Gasteiger charge is 2.08. The third-order valence-electron chi connectivity index (χ3n) is 2.30. The van der Waals surface area contributed by atoms with Gasteiger partial charge in [0.1, 0.15) is 0 Å². The van der Waals surface area contributed by atoms with Crippen molar-refractivity contribution < 1.29 is 0 Å². The maximum atomic E-state index is 2.25. The highest BCUT2D eigenvalue weighted by molar-refractivity contribution is 7.10. The molecule has 0 aliphatic rings. The van der Waals surface area contributed by atoms with Crippen molar-refractivity contribution in [3.8, 4) is 11.1 Å². The number of hydrogen-bond acceptors (Lipinski definition) is 1. The van der Waals surface area contributed by atoms with Gasteiger partial charge in [0.05, 0.1) is 0 Å². The van der Waals surface area contributed by atoms with Crippen molar-refractivity contribution in [1.82, 2.24) is 0 Å². The molecule has 0 N–H and O–H groups in total. The molecular formula is C13H14S. The summed E-state index contributed by atoms with van der Waals surface area (Å²) < 4.78 is 0. The van der Waals surface area contributed by atoms with Gasteiger partial charge in [0.25, 0.3) is 0 Å². The molecule has 0 nitrogen and oxygen atoms in total. The Hall–Kier alpha value is -1.08. The van der Waals surface area contributed by atoms with Crippen LogP contribution in [0.1, 0.15) is 24.6 Å². The molecule has 0 aliphatic carbocycles. The van der Waals surface area contributed by atoms with Gasteiger partial charge in [-0.15, -0.1) is 11.3 Å². The lowest BCUT2D eigenvalue weighted by atomic mass is 10.0. The van der Waals surface area contributed by atoms with Crippen LogP contribution in [0.2, 0.25) is 0 Å². The molecule has 1 heteroatoms. The Morgan fingerprint density at radius 3 is 2.36 bits per heavy atom. The van der Waals surface area contributed by atoms with Gasteiger partial charge in [-0.25, -0.2) is 0 Å². The first-order valence-electron chi connectivity index (χ1n) is 4.92. The number of benzene rings is 1. The topological polar surface area (TPSA) is 0 Å². The molecule has 72 valence electrons. The Balaban J connectivity index is 2.47. The summed E-state index contributed by atoms with van der Waals surface area (Å²) in [5.41, 5.74) is 2.73. The molecule has 14 heavy (non-hydrogen) atoms. The molecule has 0 aliphatic heterocycles. The lowest BCUT2D eigenvalue weighted by molar-refractivity contribution is 0.891. The van der Waals surface area contributed by atoms with Crippen LogP contribution in [0.3, 0.4) is 0 Å². The van der Waals surface area contributed by atoms with Gasteiger partial charge in [-0.2, -0.15) is 0 Å². The Morgan fingerprint density at radius 1 is 1.00 bits per heavy atom. The monoisotopic (exact) mass is 202 g/mol. The fourth-order valence-electron chi connectivity index (χ4n) is 1.62. The molecule has 0 fully saturated rings. The van der Waals surface area contributed by atoms with E-state index in [-0.39, 0.29) is 0 Å². The summed E-state index contributed by atoms with van der Waals surface area (Å²) in [6.07, 6.45) is 0. The molecule has 0 amide bonds. The van der Waals surface area contributed by atoms with Crippen molar-refractivity contribution in [2.24, 2.45) is 0 Å². The molecule has 1 heterocycles. The van der Waals surface area contributed by atoms with Crippen LogP contribution in [-0.4, -0.2) is 0 Å². The van der Waals surface area contributed by atoms with E-state index in [0.29, 0.717) is 5.92 Å². The van der Waals surface area contributed by atoms with E-state index in [1.54, 1.807) is 0 Å². The molecule has 0 radical (unpaired) electrons. The average Bonchev–Trinajstić information content (AvgIpc) is 2.67. The van der Waals surface area contributed by atoms with Gasteiger partial charge < -0.3 is 0 Å². The van der Waals surface area contributed by atoms with Crippen LogP contribution in [0.4, 0.5) is 0 Å². The number of rotatable bonds is 2. The molecule has 0 bridgehead atoms. The van der Waals surface area contributed by atoms with Crippen LogP contribution in [0.25, 0.3) is 11.1 Å². The molecule has 0 atom stereocenters. The van der Waals surface area contributed by atoms with E-state index >= 15 is 0 Å². The molecule has 1 aromatic carbocycles. The first-order chi connectivity index (χ1) is 6.79. The van der Waals surface area contributed by atoms with E-state index in [1.165, 1.54) is 16.0 Å². The highest BCUT2D eigenvalue weighted by Crippen LogP contribution is 2.33. The molecule has 1 aromatic heterocycles. The standard InChI is InChI=1S/C13H14S/c1-10(2)13-12(8-9-14-13)11-6-4-3-5-7-11/h3-10H,1-2H3. The lowest BCUT2D eigenvalue weighted by Gasteiger charge is -2.06. The quantitative estimate of drug-likeness (QED) is 0.670. The van der Waals surface area contributed by atoms with E-state index in [1.807, 2.05) is 11.3 Å². The molecule has 0 saturated heterocycles.